The number of carbonyl (C=O) groups excluding carboxylic acids is 1. The maximum absolute atomic E-state index is 12.4. The first-order valence-electron chi connectivity index (χ1n) is 7.96. The van der Waals surface area contributed by atoms with E-state index in [0.29, 0.717) is 13.2 Å². The zero-order valence-electron chi connectivity index (χ0n) is 13.6. The normalized spacial score (nSPS) is 10.6. The molecule has 0 aliphatic carbocycles. The zero-order valence-corrected chi connectivity index (χ0v) is 13.6. The molecule has 0 aliphatic rings. The summed E-state index contributed by atoms with van der Waals surface area (Å²) in [6, 6.07) is 19.3. The minimum Gasteiger partial charge on any atom is -0.448 e. The molecule has 0 saturated heterocycles. The van der Waals surface area contributed by atoms with Crippen LogP contribution in [0.5, 0.6) is 0 Å². The highest BCUT2D eigenvalue weighted by molar-refractivity contribution is 5.67. The molecule has 0 spiro atoms. The van der Waals surface area contributed by atoms with Crippen LogP contribution in [0, 0.1) is 0 Å². The number of hydrogen-bond donors (Lipinski definition) is 0. The highest BCUT2D eigenvalue weighted by Crippen LogP contribution is 2.29. The van der Waals surface area contributed by atoms with Crippen molar-refractivity contribution in [2.24, 2.45) is 0 Å². The standard InChI is InChI=1S/C19H23NO3/c1-3-15-23-20(19(21)22-4-2)18(16-11-7-5-8-12-16)17-13-9-6-10-14-17/h5-14,18H,3-4,15H2,1-2H3. The average Bonchev–Trinajstić information content (AvgIpc) is 2.60. The molecule has 2 rings (SSSR count). The smallest absolute Gasteiger partial charge is 0.434 e. The van der Waals surface area contributed by atoms with Gasteiger partial charge in [0.1, 0.15) is 6.04 Å². The van der Waals surface area contributed by atoms with E-state index in [-0.39, 0.29) is 6.04 Å². The van der Waals surface area contributed by atoms with Crippen LogP contribution in [0.2, 0.25) is 0 Å². The van der Waals surface area contributed by atoms with Gasteiger partial charge in [0, 0.05) is 0 Å². The molecule has 0 fully saturated rings. The minimum absolute atomic E-state index is 0.307. The second-order valence-corrected chi connectivity index (χ2v) is 5.08. The third kappa shape index (κ3) is 4.57. The summed E-state index contributed by atoms with van der Waals surface area (Å²) in [6.45, 7) is 4.55. The fraction of sp³-hybridized carbons (Fsp3) is 0.316. The van der Waals surface area contributed by atoms with E-state index in [1.807, 2.05) is 67.6 Å². The van der Waals surface area contributed by atoms with Crippen LogP contribution < -0.4 is 0 Å². The van der Waals surface area contributed by atoms with Crippen molar-refractivity contribution in [2.45, 2.75) is 26.3 Å². The third-order valence-corrected chi connectivity index (χ3v) is 3.35. The monoisotopic (exact) mass is 313 g/mol. The van der Waals surface area contributed by atoms with Crippen LogP contribution in [0.1, 0.15) is 37.4 Å². The van der Waals surface area contributed by atoms with E-state index >= 15 is 0 Å². The van der Waals surface area contributed by atoms with E-state index in [4.69, 9.17) is 9.57 Å². The van der Waals surface area contributed by atoms with E-state index in [1.165, 1.54) is 5.06 Å². The number of hydroxylamine groups is 2. The van der Waals surface area contributed by atoms with Crippen molar-refractivity contribution in [3.63, 3.8) is 0 Å². The molecule has 0 N–H and O–H groups in total. The van der Waals surface area contributed by atoms with Crippen molar-refractivity contribution in [1.29, 1.82) is 0 Å². The Morgan fingerprint density at radius 2 is 1.48 bits per heavy atom. The molecule has 122 valence electrons. The van der Waals surface area contributed by atoms with Gasteiger partial charge in [-0.15, -0.1) is 0 Å². The van der Waals surface area contributed by atoms with Crippen molar-refractivity contribution in [3.05, 3.63) is 71.8 Å². The Hall–Kier alpha value is -2.33. The summed E-state index contributed by atoms with van der Waals surface area (Å²) in [5.74, 6) is 0. The third-order valence-electron chi connectivity index (χ3n) is 3.35. The lowest BCUT2D eigenvalue weighted by molar-refractivity contribution is -0.155. The zero-order chi connectivity index (χ0) is 16.5. The summed E-state index contributed by atoms with van der Waals surface area (Å²) in [6.07, 6.45) is 0.338. The maximum atomic E-state index is 12.4. The number of benzene rings is 2. The minimum atomic E-state index is -0.473. The van der Waals surface area contributed by atoms with Crippen LogP contribution in [-0.2, 0) is 9.57 Å². The largest absolute Gasteiger partial charge is 0.448 e. The number of carbonyl (C=O) groups is 1. The number of ether oxygens (including phenoxy) is 1. The molecule has 2 aromatic rings. The molecule has 23 heavy (non-hydrogen) atoms. The summed E-state index contributed by atoms with van der Waals surface area (Å²) in [4.78, 5) is 18.2. The molecular formula is C19H23NO3. The van der Waals surface area contributed by atoms with Crippen molar-refractivity contribution in [2.75, 3.05) is 13.2 Å². The second-order valence-electron chi connectivity index (χ2n) is 5.08. The number of nitrogens with zero attached hydrogens (tertiary/aromatic N) is 1. The quantitative estimate of drug-likeness (QED) is 0.703. The van der Waals surface area contributed by atoms with Crippen molar-refractivity contribution in [1.82, 2.24) is 5.06 Å². The molecular weight excluding hydrogens is 290 g/mol. The average molecular weight is 313 g/mol. The number of amides is 1. The van der Waals surface area contributed by atoms with E-state index in [9.17, 15) is 4.79 Å². The van der Waals surface area contributed by atoms with Crippen molar-refractivity contribution in [3.8, 4) is 0 Å². The molecule has 2 aromatic carbocycles. The Kier molecular flexibility index (Phi) is 6.63. The Morgan fingerprint density at radius 3 is 1.91 bits per heavy atom. The summed E-state index contributed by atoms with van der Waals surface area (Å²) in [5.41, 5.74) is 1.95. The van der Waals surface area contributed by atoms with Gasteiger partial charge in [-0.3, -0.25) is 4.84 Å². The Balaban J connectivity index is 2.42. The predicted octanol–water partition coefficient (Wildman–Crippen LogP) is 4.58. The lowest BCUT2D eigenvalue weighted by Gasteiger charge is -2.30. The molecule has 0 saturated carbocycles. The first kappa shape index (κ1) is 17.0. The molecule has 0 bridgehead atoms. The van der Waals surface area contributed by atoms with Gasteiger partial charge >= 0.3 is 6.09 Å². The van der Waals surface area contributed by atoms with E-state index in [0.717, 1.165) is 17.5 Å². The lowest BCUT2D eigenvalue weighted by Crippen LogP contribution is -2.36. The summed E-state index contributed by atoms with van der Waals surface area (Å²) in [5, 5.41) is 1.34. The second kappa shape index (κ2) is 8.96. The molecule has 0 radical (unpaired) electrons. The Morgan fingerprint density at radius 1 is 0.957 bits per heavy atom. The van der Waals surface area contributed by atoms with Gasteiger partial charge in [0.15, 0.2) is 0 Å². The van der Waals surface area contributed by atoms with Gasteiger partial charge in [-0.25, -0.2) is 4.79 Å². The van der Waals surface area contributed by atoms with Gasteiger partial charge in [-0.2, -0.15) is 5.06 Å². The Bertz CT molecular complexity index is 547. The molecule has 1 amide bonds. The first-order valence-corrected chi connectivity index (χ1v) is 7.96. The van der Waals surface area contributed by atoms with E-state index in [1.54, 1.807) is 6.92 Å². The van der Waals surface area contributed by atoms with Crippen LogP contribution in [0.25, 0.3) is 0 Å². The van der Waals surface area contributed by atoms with Gasteiger partial charge in [-0.1, -0.05) is 67.6 Å². The van der Waals surface area contributed by atoms with Crippen LogP contribution in [0.15, 0.2) is 60.7 Å². The van der Waals surface area contributed by atoms with E-state index in [2.05, 4.69) is 0 Å². The fourth-order valence-corrected chi connectivity index (χ4v) is 2.34. The predicted molar refractivity (Wildman–Crippen MR) is 89.8 cm³/mol. The molecule has 0 atom stereocenters. The van der Waals surface area contributed by atoms with Gasteiger partial charge in [0.05, 0.1) is 13.2 Å². The van der Waals surface area contributed by atoms with Gasteiger partial charge in [0.2, 0.25) is 0 Å². The van der Waals surface area contributed by atoms with Crippen LogP contribution in [-0.4, -0.2) is 24.4 Å². The van der Waals surface area contributed by atoms with Gasteiger partial charge in [-0.05, 0) is 24.5 Å². The van der Waals surface area contributed by atoms with E-state index < -0.39 is 6.09 Å². The number of rotatable bonds is 7. The van der Waals surface area contributed by atoms with Crippen LogP contribution in [0.4, 0.5) is 4.79 Å². The van der Waals surface area contributed by atoms with Crippen LogP contribution >= 0.6 is 0 Å². The van der Waals surface area contributed by atoms with Gasteiger partial charge < -0.3 is 4.74 Å². The molecule has 0 heterocycles. The highest BCUT2D eigenvalue weighted by Gasteiger charge is 2.29. The van der Waals surface area contributed by atoms with Crippen molar-refractivity contribution < 1.29 is 14.4 Å². The SMILES string of the molecule is CCCON(C(=O)OCC)C(c1ccccc1)c1ccccc1. The molecule has 0 unspecified atom stereocenters. The topological polar surface area (TPSA) is 38.8 Å². The van der Waals surface area contributed by atoms with Crippen molar-refractivity contribution >= 4 is 6.09 Å². The maximum Gasteiger partial charge on any atom is 0.434 e. The molecule has 0 aliphatic heterocycles. The molecule has 0 aromatic heterocycles. The number of hydrogen-bond acceptors (Lipinski definition) is 3. The summed E-state index contributed by atoms with van der Waals surface area (Å²) < 4.78 is 5.19. The fourth-order valence-electron chi connectivity index (χ4n) is 2.34. The van der Waals surface area contributed by atoms with Gasteiger partial charge in [0.25, 0.3) is 0 Å². The lowest BCUT2D eigenvalue weighted by atomic mass is 9.98. The molecule has 4 nitrogen and oxygen atoms in total. The molecule has 4 heteroatoms. The first-order chi connectivity index (χ1) is 11.3. The highest BCUT2D eigenvalue weighted by atomic mass is 16.7. The summed E-state index contributed by atoms with van der Waals surface area (Å²) in [7, 11) is 0. The van der Waals surface area contributed by atoms with Crippen LogP contribution in [0.3, 0.4) is 0 Å². The summed E-state index contributed by atoms with van der Waals surface area (Å²) >= 11 is 0. The Labute approximate surface area is 137 Å².